The first-order chi connectivity index (χ1) is 15.2. The molecule has 1 fully saturated rings. The van der Waals surface area contributed by atoms with Gasteiger partial charge in [0.1, 0.15) is 11.5 Å². The van der Waals surface area contributed by atoms with Gasteiger partial charge in [-0.05, 0) is 35.7 Å². The molecule has 0 radical (unpaired) electrons. The van der Waals surface area contributed by atoms with Gasteiger partial charge in [-0.1, -0.05) is 17.7 Å². The summed E-state index contributed by atoms with van der Waals surface area (Å²) >= 11 is 9.34. The Morgan fingerprint density at radius 2 is 1.97 bits per heavy atom. The Bertz CT molecular complexity index is 1040. The Morgan fingerprint density at radius 3 is 2.65 bits per heavy atom. The number of hydrogen-bond donors (Lipinski definition) is 0. The van der Waals surface area contributed by atoms with E-state index in [1.165, 1.54) is 4.88 Å². The lowest BCUT2D eigenvalue weighted by atomic mass is 10.1. The van der Waals surface area contributed by atoms with E-state index in [4.69, 9.17) is 16.0 Å². The van der Waals surface area contributed by atoms with Crippen molar-refractivity contribution in [3.63, 3.8) is 0 Å². The van der Waals surface area contributed by atoms with E-state index in [0.717, 1.165) is 53.4 Å². The van der Waals surface area contributed by atoms with Crippen molar-refractivity contribution in [3.8, 4) is 0 Å². The second-order valence-corrected chi connectivity index (χ2v) is 10.5. The van der Waals surface area contributed by atoms with E-state index in [0.29, 0.717) is 13.0 Å². The molecule has 3 aromatic rings. The molecule has 1 amide bonds. The van der Waals surface area contributed by atoms with Crippen LogP contribution in [-0.4, -0.2) is 59.2 Å². The third kappa shape index (κ3) is 4.78. The van der Waals surface area contributed by atoms with Crippen LogP contribution < -0.4 is 0 Å². The number of carbonyl (C=O) groups excluding carboxylic acids is 1. The smallest absolute Gasteiger partial charge is 0.257 e. The number of hydrazone groups is 1. The van der Waals surface area contributed by atoms with Crippen LogP contribution in [0.15, 0.2) is 57.6 Å². The highest BCUT2D eigenvalue weighted by molar-refractivity contribution is 7.16. The summed E-state index contributed by atoms with van der Waals surface area (Å²) in [6.45, 7) is 4.93. The number of halogens is 1. The van der Waals surface area contributed by atoms with Crippen molar-refractivity contribution in [3.05, 3.63) is 67.9 Å². The molecule has 0 bridgehead atoms. The van der Waals surface area contributed by atoms with Crippen LogP contribution in [0.4, 0.5) is 0 Å². The average Bonchev–Trinajstić information content (AvgIpc) is 3.56. The molecular weight excluding hydrogens is 452 g/mol. The number of rotatable bonds is 6. The monoisotopic (exact) mass is 474 g/mol. The Kier molecular flexibility index (Phi) is 6.24. The quantitative estimate of drug-likeness (QED) is 0.526. The number of thiophene rings is 2. The van der Waals surface area contributed by atoms with Crippen LogP contribution in [0.2, 0.25) is 4.34 Å². The highest BCUT2D eigenvalue weighted by Crippen LogP contribution is 2.35. The molecule has 31 heavy (non-hydrogen) atoms. The molecule has 0 aromatic carbocycles. The Hall–Kier alpha value is -1.97. The predicted octanol–water partition coefficient (Wildman–Crippen LogP) is 4.55. The second-order valence-electron chi connectivity index (χ2n) is 7.76. The number of nitrogens with zero attached hydrogens (tertiary/aromatic N) is 4. The molecule has 5 rings (SSSR count). The van der Waals surface area contributed by atoms with Crippen molar-refractivity contribution in [1.82, 2.24) is 14.8 Å². The number of furan rings is 1. The van der Waals surface area contributed by atoms with Crippen molar-refractivity contribution in [2.75, 3.05) is 32.7 Å². The molecular formula is C22H23ClN4O2S2. The molecule has 9 heteroatoms. The highest BCUT2D eigenvalue weighted by Gasteiger charge is 2.35. The minimum absolute atomic E-state index is 0.0402. The maximum atomic E-state index is 13.2. The zero-order chi connectivity index (χ0) is 21.2. The molecule has 2 aliphatic heterocycles. The first-order valence-electron chi connectivity index (χ1n) is 10.3. The average molecular weight is 475 g/mol. The van der Waals surface area contributed by atoms with Crippen LogP contribution in [0.25, 0.3) is 0 Å². The van der Waals surface area contributed by atoms with E-state index in [-0.39, 0.29) is 11.9 Å². The molecule has 162 valence electrons. The molecule has 6 nitrogen and oxygen atoms in total. The van der Waals surface area contributed by atoms with E-state index in [9.17, 15) is 4.79 Å². The van der Waals surface area contributed by atoms with Gasteiger partial charge in [0.05, 0.1) is 23.2 Å². The zero-order valence-corrected chi connectivity index (χ0v) is 19.3. The van der Waals surface area contributed by atoms with Gasteiger partial charge in [0.2, 0.25) is 0 Å². The van der Waals surface area contributed by atoms with Gasteiger partial charge in [-0.3, -0.25) is 14.6 Å². The SMILES string of the molecule is O=C(CN1CCN(Cc2ccc(Cl)s2)CC1)N1N=C(c2ccco2)CC1c1cccs1. The summed E-state index contributed by atoms with van der Waals surface area (Å²) in [5, 5.41) is 8.39. The lowest BCUT2D eigenvalue weighted by Crippen LogP contribution is -2.49. The van der Waals surface area contributed by atoms with Gasteiger partial charge in [0.25, 0.3) is 5.91 Å². The fourth-order valence-corrected chi connectivity index (χ4v) is 6.00. The van der Waals surface area contributed by atoms with Crippen molar-refractivity contribution in [2.24, 2.45) is 5.10 Å². The minimum atomic E-state index is -0.0579. The number of hydrogen-bond acceptors (Lipinski definition) is 7. The fraction of sp³-hybridized carbons (Fsp3) is 0.364. The Balaban J connectivity index is 1.21. The van der Waals surface area contributed by atoms with Gasteiger partial charge in [0.15, 0.2) is 0 Å². The molecule has 3 aromatic heterocycles. The fourth-order valence-electron chi connectivity index (χ4n) is 4.06. The number of carbonyl (C=O) groups is 1. The van der Waals surface area contributed by atoms with Gasteiger partial charge in [0, 0.05) is 48.9 Å². The second kappa shape index (κ2) is 9.26. The first kappa shape index (κ1) is 20.9. The molecule has 5 heterocycles. The van der Waals surface area contributed by atoms with E-state index in [1.54, 1.807) is 33.9 Å². The third-order valence-electron chi connectivity index (χ3n) is 5.68. The van der Waals surface area contributed by atoms with Crippen LogP contribution in [0, 0.1) is 0 Å². The number of piperazine rings is 1. The molecule has 0 spiro atoms. The van der Waals surface area contributed by atoms with Crippen molar-refractivity contribution in [1.29, 1.82) is 0 Å². The first-order valence-corrected chi connectivity index (χ1v) is 12.4. The van der Waals surface area contributed by atoms with Crippen molar-refractivity contribution >= 4 is 45.9 Å². The maximum absolute atomic E-state index is 13.2. The zero-order valence-electron chi connectivity index (χ0n) is 16.9. The van der Waals surface area contributed by atoms with Gasteiger partial charge in [-0.15, -0.1) is 22.7 Å². The van der Waals surface area contributed by atoms with Gasteiger partial charge < -0.3 is 4.42 Å². The van der Waals surface area contributed by atoms with Gasteiger partial charge in [-0.25, -0.2) is 5.01 Å². The van der Waals surface area contributed by atoms with Crippen LogP contribution in [0.3, 0.4) is 0 Å². The summed E-state index contributed by atoms with van der Waals surface area (Å²) in [6, 6.07) is 11.8. The lowest BCUT2D eigenvalue weighted by Gasteiger charge is -2.34. The molecule has 1 unspecified atom stereocenters. The van der Waals surface area contributed by atoms with E-state index < -0.39 is 0 Å². The van der Waals surface area contributed by atoms with E-state index in [2.05, 4.69) is 27.0 Å². The normalized spacial score (nSPS) is 20.4. The van der Waals surface area contributed by atoms with Gasteiger partial charge in [-0.2, -0.15) is 5.10 Å². The van der Waals surface area contributed by atoms with Crippen LogP contribution in [0.5, 0.6) is 0 Å². The van der Waals surface area contributed by atoms with Crippen LogP contribution >= 0.6 is 34.3 Å². The predicted molar refractivity (Wildman–Crippen MR) is 125 cm³/mol. The van der Waals surface area contributed by atoms with Crippen molar-refractivity contribution in [2.45, 2.75) is 19.0 Å². The molecule has 0 saturated carbocycles. The summed E-state index contributed by atoms with van der Waals surface area (Å²) in [5.41, 5.74) is 0.830. The summed E-state index contributed by atoms with van der Waals surface area (Å²) in [5.74, 6) is 0.776. The summed E-state index contributed by atoms with van der Waals surface area (Å²) < 4.78 is 6.37. The minimum Gasteiger partial charge on any atom is -0.463 e. The Morgan fingerprint density at radius 1 is 1.13 bits per heavy atom. The van der Waals surface area contributed by atoms with Gasteiger partial charge >= 0.3 is 0 Å². The maximum Gasteiger partial charge on any atom is 0.257 e. The summed E-state index contributed by atoms with van der Waals surface area (Å²) in [6.07, 6.45) is 2.32. The topological polar surface area (TPSA) is 52.3 Å². The van der Waals surface area contributed by atoms with Crippen molar-refractivity contribution < 1.29 is 9.21 Å². The largest absolute Gasteiger partial charge is 0.463 e. The summed E-state index contributed by atoms with van der Waals surface area (Å²) in [7, 11) is 0. The lowest BCUT2D eigenvalue weighted by molar-refractivity contribution is -0.134. The van der Waals surface area contributed by atoms with E-state index in [1.807, 2.05) is 29.6 Å². The molecule has 2 aliphatic rings. The molecule has 0 aliphatic carbocycles. The molecule has 1 atom stereocenters. The number of amides is 1. The molecule has 1 saturated heterocycles. The standard InChI is InChI=1S/C22H23ClN4O2S2/c23-21-6-5-16(31-21)14-25-7-9-26(10-8-25)15-22(28)27-18(20-4-2-12-30-20)13-17(24-27)19-3-1-11-29-19/h1-6,11-12,18H,7-10,13-15H2. The Labute approximate surface area is 194 Å². The third-order valence-corrected chi connectivity index (χ3v) is 7.86. The van der Waals surface area contributed by atoms with Crippen LogP contribution in [-0.2, 0) is 11.3 Å². The highest BCUT2D eigenvalue weighted by atomic mass is 35.5. The van der Waals surface area contributed by atoms with E-state index >= 15 is 0 Å². The molecule has 0 N–H and O–H groups in total. The van der Waals surface area contributed by atoms with Crippen LogP contribution in [0.1, 0.15) is 28.0 Å². The summed E-state index contributed by atoms with van der Waals surface area (Å²) in [4.78, 5) is 20.3.